The van der Waals surface area contributed by atoms with E-state index < -0.39 is 0 Å². The van der Waals surface area contributed by atoms with Gasteiger partial charge in [-0.3, -0.25) is 4.68 Å². The van der Waals surface area contributed by atoms with Crippen LogP contribution in [0.2, 0.25) is 0 Å². The van der Waals surface area contributed by atoms with Crippen molar-refractivity contribution < 1.29 is 9.53 Å². The highest BCUT2D eigenvalue weighted by atomic mass is 16.5. The molecule has 0 N–H and O–H groups in total. The van der Waals surface area contributed by atoms with E-state index in [1.807, 2.05) is 13.0 Å². The Balaban J connectivity index is 2.97. The summed E-state index contributed by atoms with van der Waals surface area (Å²) in [5.41, 5.74) is 1.45. The molecule has 0 fully saturated rings. The number of rotatable bonds is 6. The summed E-state index contributed by atoms with van der Waals surface area (Å²) in [4.78, 5) is 12.0. The summed E-state index contributed by atoms with van der Waals surface area (Å²) in [7, 11) is 0. The summed E-state index contributed by atoms with van der Waals surface area (Å²) in [5.74, 6) is -0.276. The van der Waals surface area contributed by atoms with E-state index in [1.54, 1.807) is 4.68 Å². The van der Waals surface area contributed by atoms with Crippen LogP contribution in [0.25, 0.3) is 0 Å². The number of hydrogen-bond donors (Lipinski definition) is 0. The lowest BCUT2D eigenvalue weighted by Gasteiger charge is -2.14. The largest absolute Gasteiger partial charge is 0.461 e. The summed E-state index contributed by atoms with van der Waals surface area (Å²) in [6.45, 7) is 11.4. The fourth-order valence-corrected chi connectivity index (χ4v) is 1.83. The first-order valence-corrected chi connectivity index (χ1v) is 7.15. The fourth-order valence-electron chi connectivity index (χ4n) is 1.83. The lowest BCUT2D eigenvalue weighted by atomic mass is 9.92. The van der Waals surface area contributed by atoms with Gasteiger partial charge in [-0.1, -0.05) is 40.5 Å². The number of carbonyl (C=O) groups is 1. The first kappa shape index (κ1) is 15.7. The molecule has 0 aliphatic carbocycles. The summed E-state index contributed by atoms with van der Waals surface area (Å²) >= 11 is 0. The van der Waals surface area contributed by atoms with E-state index >= 15 is 0 Å². The Morgan fingerprint density at radius 3 is 2.53 bits per heavy atom. The number of hydrogen-bond acceptors (Lipinski definition) is 3. The van der Waals surface area contributed by atoms with Crippen LogP contribution in [0.5, 0.6) is 0 Å². The third kappa shape index (κ3) is 4.37. The van der Waals surface area contributed by atoms with Crippen molar-refractivity contribution in [2.24, 2.45) is 0 Å². The smallest absolute Gasteiger partial charge is 0.356 e. The minimum atomic E-state index is -0.276. The van der Waals surface area contributed by atoms with Crippen LogP contribution in [0.15, 0.2) is 6.07 Å². The van der Waals surface area contributed by atoms with E-state index in [0.717, 1.165) is 31.5 Å². The second kappa shape index (κ2) is 6.73. The van der Waals surface area contributed by atoms with Crippen molar-refractivity contribution in [2.75, 3.05) is 6.61 Å². The predicted octanol–water partition coefficient (Wildman–Crippen LogP) is 3.55. The fraction of sp³-hybridized carbons (Fsp3) is 0.733. The van der Waals surface area contributed by atoms with Gasteiger partial charge >= 0.3 is 5.97 Å². The third-order valence-corrected chi connectivity index (χ3v) is 3.01. The first-order valence-electron chi connectivity index (χ1n) is 7.15. The van der Waals surface area contributed by atoms with Crippen molar-refractivity contribution in [3.63, 3.8) is 0 Å². The van der Waals surface area contributed by atoms with Crippen LogP contribution in [0, 0.1) is 0 Å². The Hall–Kier alpha value is -1.32. The number of nitrogens with zero attached hydrogens (tertiary/aromatic N) is 2. The number of carbonyl (C=O) groups excluding carboxylic acids is 1. The molecule has 4 heteroatoms. The van der Waals surface area contributed by atoms with Crippen LogP contribution in [-0.4, -0.2) is 22.4 Å². The summed E-state index contributed by atoms with van der Waals surface area (Å²) in [5, 5.41) is 4.57. The predicted molar refractivity (Wildman–Crippen MR) is 76.4 cm³/mol. The van der Waals surface area contributed by atoms with Crippen molar-refractivity contribution in [3.8, 4) is 0 Å². The molecule has 4 nitrogen and oxygen atoms in total. The molecule has 0 spiro atoms. The number of aromatic nitrogens is 2. The molecule has 1 aromatic heterocycles. The van der Waals surface area contributed by atoms with Crippen LogP contribution in [0.3, 0.4) is 0 Å². The molecule has 108 valence electrons. The van der Waals surface area contributed by atoms with E-state index in [1.165, 1.54) is 0 Å². The molecule has 0 bridgehead atoms. The molecule has 0 aliphatic heterocycles. The van der Waals surface area contributed by atoms with Gasteiger partial charge in [0.15, 0.2) is 0 Å². The number of aryl methyl sites for hydroxylation is 1. The SMILES string of the molecule is CCCCCn1nc(C(C)(C)C)cc1C(=O)OCC. The van der Waals surface area contributed by atoms with Gasteiger partial charge in [0.05, 0.1) is 12.3 Å². The molecular weight excluding hydrogens is 240 g/mol. The highest BCUT2D eigenvalue weighted by Gasteiger charge is 2.23. The molecule has 0 aliphatic rings. The zero-order chi connectivity index (χ0) is 14.5. The molecule has 1 rings (SSSR count). The van der Waals surface area contributed by atoms with Gasteiger partial charge in [-0.05, 0) is 19.4 Å². The maximum absolute atomic E-state index is 12.0. The Morgan fingerprint density at radius 1 is 1.32 bits per heavy atom. The van der Waals surface area contributed by atoms with Gasteiger partial charge in [-0.25, -0.2) is 4.79 Å². The minimum absolute atomic E-state index is 0.0583. The summed E-state index contributed by atoms with van der Waals surface area (Å²) < 4.78 is 6.90. The van der Waals surface area contributed by atoms with Crippen molar-refractivity contribution in [1.82, 2.24) is 9.78 Å². The summed E-state index contributed by atoms with van der Waals surface area (Å²) in [6, 6.07) is 1.87. The van der Waals surface area contributed by atoms with Gasteiger partial charge in [0.25, 0.3) is 0 Å². The monoisotopic (exact) mass is 266 g/mol. The zero-order valence-corrected chi connectivity index (χ0v) is 12.8. The molecular formula is C15H26N2O2. The molecule has 0 amide bonds. The molecule has 1 heterocycles. The molecule has 0 unspecified atom stereocenters. The van der Waals surface area contributed by atoms with Crippen molar-refractivity contribution in [2.45, 2.75) is 65.8 Å². The molecule has 19 heavy (non-hydrogen) atoms. The highest BCUT2D eigenvalue weighted by Crippen LogP contribution is 2.22. The Kier molecular flexibility index (Phi) is 5.58. The van der Waals surface area contributed by atoms with Gasteiger partial charge < -0.3 is 4.74 Å². The Labute approximate surface area is 116 Å². The molecule has 0 radical (unpaired) electrons. The van der Waals surface area contributed by atoms with Crippen LogP contribution >= 0.6 is 0 Å². The number of ether oxygens (including phenoxy) is 1. The average molecular weight is 266 g/mol. The van der Waals surface area contributed by atoms with Gasteiger partial charge in [-0.15, -0.1) is 0 Å². The van der Waals surface area contributed by atoms with Gasteiger partial charge in [0, 0.05) is 12.0 Å². The third-order valence-electron chi connectivity index (χ3n) is 3.01. The molecule has 1 aromatic rings. The van der Waals surface area contributed by atoms with E-state index in [4.69, 9.17) is 4.74 Å². The van der Waals surface area contributed by atoms with Crippen LogP contribution in [0.1, 0.15) is 70.1 Å². The summed E-state index contributed by atoms with van der Waals surface area (Å²) in [6.07, 6.45) is 3.34. The van der Waals surface area contributed by atoms with E-state index in [0.29, 0.717) is 12.3 Å². The second-order valence-electron chi connectivity index (χ2n) is 5.82. The van der Waals surface area contributed by atoms with Crippen molar-refractivity contribution in [1.29, 1.82) is 0 Å². The molecule has 0 saturated carbocycles. The Morgan fingerprint density at radius 2 is 2.00 bits per heavy atom. The highest BCUT2D eigenvalue weighted by molar-refractivity contribution is 5.87. The van der Waals surface area contributed by atoms with Crippen molar-refractivity contribution >= 4 is 5.97 Å². The lowest BCUT2D eigenvalue weighted by molar-refractivity contribution is 0.0511. The van der Waals surface area contributed by atoms with Crippen LogP contribution in [0.4, 0.5) is 0 Å². The molecule has 0 saturated heterocycles. The molecule has 0 atom stereocenters. The number of unbranched alkanes of at least 4 members (excludes halogenated alkanes) is 2. The quantitative estimate of drug-likeness (QED) is 0.584. The van der Waals surface area contributed by atoms with Gasteiger partial charge in [-0.2, -0.15) is 5.10 Å². The van der Waals surface area contributed by atoms with Crippen LogP contribution in [-0.2, 0) is 16.7 Å². The van der Waals surface area contributed by atoms with E-state index in [9.17, 15) is 4.79 Å². The van der Waals surface area contributed by atoms with E-state index in [2.05, 4.69) is 32.8 Å². The second-order valence-corrected chi connectivity index (χ2v) is 5.82. The molecule has 0 aromatic carbocycles. The van der Waals surface area contributed by atoms with Crippen molar-refractivity contribution in [3.05, 3.63) is 17.5 Å². The maximum atomic E-state index is 12.0. The van der Waals surface area contributed by atoms with Crippen LogP contribution < -0.4 is 0 Å². The first-order chi connectivity index (χ1) is 8.90. The van der Waals surface area contributed by atoms with Gasteiger partial charge in [0.1, 0.15) is 5.69 Å². The Bertz CT molecular complexity index is 416. The zero-order valence-electron chi connectivity index (χ0n) is 12.8. The topological polar surface area (TPSA) is 44.1 Å². The average Bonchev–Trinajstić information content (AvgIpc) is 2.74. The maximum Gasteiger partial charge on any atom is 0.356 e. The van der Waals surface area contributed by atoms with Gasteiger partial charge in [0.2, 0.25) is 0 Å². The number of esters is 1. The standard InChI is InChI=1S/C15H26N2O2/c1-6-8-9-10-17-12(14(18)19-7-2)11-13(16-17)15(3,4)5/h11H,6-10H2,1-5H3. The normalized spacial score (nSPS) is 11.6. The lowest BCUT2D eigenvalue weighted by Crippen LogP contribution is -2.14. The van der Waals surface area contributed by atoms with E-state index in [-0.39, 0.29) is 11.4 Å². The minimum Gasteiger partial charge on any atom is -0.461 e.